The van der Waals surface area contributed by atoms with Crippen LogP contribution in [0.25, 0.3) is 0 Å². The lowest BCUT2D eigenvalue weighted by Gasteiger charge is -2.07. The van der Waals surface area contributed by atoms with E-state index in [1.165, 1.54) is 36.8 Å². The highest BCUT2D eigenvalue weighted by Gasteiger charge is 2.01. The van der Waals surface area contributed by atoms with Crippen molar-refractivity contribution in [3.05, 3.63) is 29.1 Å². The van der Waals surface area contributed by atoms with Gasteiger partial charge in [-0.2, -0.15) is 0 Å². The van der Waals surface area contributed by atoms with Crippen LogP contribution in [0.15, 0.2) is 12.3 Å². The molecular formula is C12H19N. The second-order valence-electron chi connectivity index (χ2n) is 3.59. The molecule has 0 aliphatic rings. The first kappa shape index (κ1) is 10.2. The van der Waals surface area contributed by atoms with Crippen LogP contribution in [0.1, 0.15) is 43.5 Å². The van der Waals surface area contributed by atoms with Crippen molar-refractivity contribution in [3.63, 3.8) is 0 Å². The molecule has 0 N–H and O–H groups in total. The number of aromatic nitrogens is 1. The van der Waals surface area contributed by atoms with Crippen molar-refractivity contribution >= 4 is 0 Å². The van der Waals surface area contributed by atoms with E-state index in [-0.39, 0.29) is 0 Å². The zero-order valence-corrected chi connectivity index (χ0v) is 8.93. The third kappa shape index (κ3) is 2.83. The molecule has 1 heteroatoms. The second-order valence-corrected chi connectivity index (χ2v) is 3.59. The summed E-state index contributed by atoms with van der Waals surface area (Å²) in [6.45, 7) is 6.51. The number of rotatable bonds is 4. The minimum absolute atomic E-state index is 1.14. The van der Waals surface area contributed by atoms with Crippen LogP contribution < -0.4 is 0 Å². The molecule has 0 spiro atoms. The lowest BCUT2D eigenvalue weighted by atomic mass is 10.0. The number of hydrogen-bond acceptors (Lipinski definition) is 1. The zero-order valence-electron chi connectivity index (χ0n) is 8.93. The van der Waals surface area contributed by atoms with Crippen LogP contribution in [0.5, 0.6) is 0 Å². The van der Waals surface area contributed by atoms with E-state index in [1.807, 2.05) is 6.20 Å². The summed E-state index contributed by atoms with van der Waals surface area (Å²) in [5.74, 6) is 0. The lowest BCUT2D eigenvalue weighted by molar-refractivity contribution is 0.849. The first-order chi connectivity index (χ1) is 6.27. The van der Waals surface area contributed by atoms with E-state index in [0.717, 1.165) is 5.69 Å². The molecule has 1 rings (SSSR count). The maximum atomic E-state index is 4.34. The van der Waals surface area contributed by atoms with Crippen LogP contribution in [0.4, 0.5) is 0 Å². The van der Waals surface area contributed by atoms with Crippen molar-refractivity contribution in [1.82, 2.24) is 4.98 Å². The molecule has 72 valence electrons. The predicted molar refractivity (Wildman–Crippen MR) is 57.0 cm³/mol. The van der Waals surface area contributed by atoms with Gasteiger partial charge in [-0.25, -0.2) is 0 Å². The lowest BCUT2D eigenvalue weighted by Crippen LogP contribution is -1.96. The monoisotopic (exact) mass is 177 g/mol. The average molecular weight is 177 g/mol. The van der Waals surface area contributed by atoms with Crippen LogP contribution in [-0.4, -0.2) is 4.98 Å². The average Bonchev–Trinajstić information content (AvgIpc) is 2.10. The van der Waals surface area contributed by atoms with Crippen molar-refractivity contribution in [3.8, 4) is 0 Å². The summed E-state index contributed by atoms with van der Waals surface area (Å²) >= 11 is 0. The molecule has 1 nitrogen and oxygen atoms in total. The summed E-state index contributed by atoms with van der Waals surface area (Å²) in [6.07, 6.45) is 6.84. The Kier molecular flexibility index (Phi) is 3.94. The minimum atomic E-state index is 1.14. The quantitative estimate of drug-likeness (QED) is 0.687. The van der Waals surface area contributed by atoms with Crippen LogP contribution in [0.2, 0.25) is 0 Å². The summed E-state index contributed by atoms with van der Waals surface area (Å²) in [5.41, 5.74) is 4.08. The van der Waals surface area contributed by atoms with Crippen LogP contribution in [-0.2, 0) is 12.8 Å². The molecule has 0 radical (unpaired) electrons. The molecule has 1 aromatic heterocycles. The number of nitrogens with zero attached hydrogens (tertiary/aromatic N) is 1. The highest BCUT2D eigenvalue weighted by atomic mass is 14.7. The number of pyridine rings is 1. The first-order valence-corrected chi connectivity index (χ1v) is 5.22. The molecule has 0 fully saturated rings. The van der Waals surface area contributed by atoms with Crippen molar-refractivity contribution in [2.75, 3.05) is 0 Å². The molecule has 0 aliphatic carbocycles. The fourth-order valence-corrected chi connectivity index (χ4v) is 1.64. The fraction of sp³-hybridized carbons (Fsp3) is 0.583. The van der Waals surface area contributed by atoms with Crippen molar-refractivity contribution in [1.29, 1.82) is 0 Å². The molecule has 1 heterocycles. The Morgan fingerprint density at radius 2 is 1.69 bits per heavy atom. The minimum Gasteiger partial charge on any atom is -0.261 e. The molecule has 1 aromatic rings. The van der Waals surface area contributed by atoms with Crippen molar-refractivity contribution in [2.45, 2.75) is 46.5 Å². The normalized spacial score (nSPS) is 10.4. The summed E-state index contributed by atoms with van der Waals surface area (Å²) in [7, 11) is 0. The van der Waals surface area contributed by atoms with E-state index in [1.54, 1.807) is 0 Å². The van der Waals surface area contributed by atoms with Gasteiger partial charge in [0, 0.05) is 11.9 Å². The molecule has 13 heavy (non-hydrogen) atoms. The Bertz CT molecular complexity index is 266. The molecule has 0 unspecified atom stereocenters. The van der Waals surface area contributed by atoms with E-state index >= 15 is 0 Å². The number of hydrogen-bond donors (Lipinski definition) is 0. The van der Waals surface area contributed by atoms with Crippen molar-refractivity contribution < 1.29 is 0 Å². The van der Waals surface area contributed by atoms with Gasteiger partial charge in [0.05, 0.1) is 0 Å². The van der Waals surface area contributed by atoms with Gasteiger partial charge in [0.15, 0.2) is 0 Å². The van der Waals surface area contributed by atoms with E-state index in [0.29, 0.717) is 0 Å². The zero-order chi connectivity index (χ0) is 9.68. The van der Waals surface area contributed by atoms with Crippen molar-refractivity contribution in [2.24, 2.45) is 0 Å². The molecule has 0 atom stereocenters. The van der Waals surface area contributed by atoms with Gasteiger partial charge in [0.1, 0.15) is 0 Å². The molecule has 0 amide bonds. The van der Waals surface area contributed by atoms with Gasteiger partial charge >= 0.3 is 0 Å². The topological polar surface area (TPSA) is 12.9 Å². The Morgan fingerprint density at radius 1 is 1.08 bits per heavy atom. The summed E-state index contributed by atoms with van der Waals surface area (Å²) < 4.78 is 0. The maximum absolute atomic E-state index is 4.34. The molecular weight excluding hydrogens is 158 g/mol. The third-order valence-electron chi connectivity index (χ3n) is 2.26. The van der Waals surface area contributed by atoms with Gasteiger partial charge < -0.3 is 0 Å². The van der Waals surface area contributed by atoms with Crippen LogP contribution >= 0.6 is 0 Å². The van der Waals surface area contributed by atoms with Gasteiger partial charge in [-0.05, 0) is 37.0 Å². The van der Waals surface area contributed by atoms with Crippen LogP contribution in [0, 0.1) is 6.92 Å². The molecule has 0 aromatic carbocycles. The summed E-state index contributed by atoms with van der Waals surface area (Å²) in [4.78, 5) is 4.34. The SMILES string of the molecule is CCCc1cnc(C)cc1CCC. The smallest absolute Gasteiger partial charge is 0.0375 e. The highest BCUT2D eigenvalue weighted by Crippen LogP contribution is 2.13. The Morgan fingerprint density at radius 3 is 2.31 bits per heavy atom. The largest absolute Gasteiger partial charge is 0.261 e. The van der Waals surface area contributed by atoms with Gasteiger partial charge in [0.25, 0.3) is 0 Å². The Balaban J connectivity index is 2.89. The Labute approximate surface area is 81.2 Å². The van der Waals surface area contributed by atoms with E-state index in [2.05, 4.69) is 31.8 Å². The van der Waals surface area contributed by atoms with Gasteiger partial charge in [-0.3, -0.25) is 4.98 Å². The first-order valence-electron chi connectivity index (χ1n) is 5.22. The van der Waals surface area contributed by atoms with Gasteiger partial charge in [0.2, 0.25) is 0 Å². The third-order valence-corrected chi connectivity index (χ3v) is 2.26. The van der Waals surface area contributed by atoms with E-state index < -0.39 is 0 Å². The fourth-order valence-electron chi connectivity index (χ4n) is 1.64. The van der Waals surface area contributed by atoms with E-state index in [4.69, 9.17) is 0 Å². The van der Waals surface area contributed by atoms with Gasteiger partial charge in [-0.1, -0.05) is 26.7 Å². The molecule has 0 aliphatic heterocycles. The predicted octanol–water partition coefficient (Wildman–Crippen LogP) is 3.30. The highest BCUT2D eigenvalue weighted by molar-refractivity contribution is 5.26. The summed E-state index contributed by atoms with van der Waals surface area (Å²) in [6, 6.07) is 2.23. The van der Waals surface area contributed by atoms with Gasteiger partial charge in [-0.15, -0.1) is 0 Å². The van der Waals surface area contributed by atoms with E-state index in [9.17, 15) is 0 Å². The number of aryl methyl sites for hydroxylation is 3. The summed E-state index contributed by atoms with van der Waals surface area (Å²) in [5, 5.41) is 0. The maximum Gasteiger partial charge on any atom is 0.0375 e. The van der Waals surface area contributed by atoms with Crippen LogP contribution in [0.3, 0.4) is 0 Å². The standard InChI is InChI=1S/C12H19N/c1-4-6-11-8-10(3)13-9-12(11)7-5-2/h8-9H,4-7H2,1-3H3. The Hall–Kier alpha value is -0.850. The molecule has 0 bridgehead atoms. The molecule has 0 saturated heterocycles. The molecule has 0 saturated carbocycles. The second kappa shape index (κ2) is 5.00.